The molecule has 0 bridgehead atoms. The Morgan fingerprint density at radius 3 is 2.70 bits per heavy atom. The molecule has 0 saturated heterocycles. The standard InChI is InChI=1S/C16H22N2O2/c1-11(2)8-14(19)10-16-17-15(18-20-16)9-13-7-5-4-6-12(13)3/h4-7,11,14,19H,8-10H2,1-3H3. The van der Waals surface area contributed by atoms with Gasteiger partial charge in [-0.3, -0.25) is 0 Å². The highest BCUT2D eigenvalue weighted by atomic mass is 16.5. The van der Waals surface area contributed by atoms with E-state index in [9.17, 15) is 5.11 Å². The van der Waals surface area contributed by atoms with Crippen molar-refractivity contribution in [1.82, 2.24) is 10.1 Å². The first kappa shape index (κ1) is 14.7. The third-order valence-electron chi connectivity index (χ3n) is 3.27. The summed E-state index contributed by atoms with van der Waals surface area (Å²) >= 11 is 0. The monoisotopic (exact) mass is 274 g/mol. The number of aliphatic hydroxyl groups excluding tert-OH is 1. The van der Waals surface area contributed by atoms with E-state index in [1.165, 1.54) is 11.1 Å². The normalized spacial score (nSPS) is 12.8. The molecule has 0 fully saturated rings. The van der Waals surface area contributed by atoms with Crippen LogP contribution in [0.1, 0.15) is 43.1 Å². The Balaban J connectivity index is 1.97. The highest BCUT2D eigenvalue weighted by Gasteiger charge is 2.14. The summed E-state index contributed by atoms with van der Waals surface area (Å²) in [6.07, 6.45) is 1.42. The molecule has 1 atom stereocenters. The predicted molar refractivity (Wildman–Crippen MR) is 77.4 cm³/mol. The summed E-state index contributed by atoms with van der Waals surface area (Å²) in [4.78, 5) is 4.36. The average molecular weight is 274 g/mol. The Morgan fingerprint density at radius 2 is 2.00 bits per heavy atom. The molecule has 0 radical (unpaired) electrons. The van der Waals surface area contributed by atoms with Crippen molar-refractivity contribution in [2.24, 2.45) is 5.92 Å². The van der Waals surface area contributed by atoms with Gasteiger partial charge in [-0.15, -0.1) is 0 Å². The second kappa shape index (κ2) is 6.66. The zero-order valence-electron chi connectivity index (χ0n) is 12.3. The molecule has 4 nitrogen and oxygen atoms in total. The van der Waals surface area contributed by atoms with Gasteiger partial charge in [0.15, 0.2) is 5.82 Å². The van der Waals surface area contributed by atoms with Crippen molar-refractivity contribution in [3.05, 3.63) is 47.1 Å². The van der Waals surface area contributed by atoms with Gasteiger partial charge in [0.25, 0.3) is 0 Å². The molecule has 1 aromatic carbocycles. The summed E-state index contributed by atoms with van der Waals surface area (Å²) in [6, 6.07) is 8.17. The lowest BCUT2D eigenvalue weighted by atomic mass is 10.0. The molecule has 0 spiro atoms. The Morgan fingerprint density at radius 1 is 1.25 bits per heavy atom. The summed E-state index contributed by atoms with van der Waals surface area (Å²) in [5.74, 6) is 1.65. The third kappa shape index (κ3) is 4.17. The third-order valence-corrected chi connectivity index (χ3v) is 3.27. The number of aliphatic hydroxyl groups is 1. The summed E-state index contributed by atoms with van der Waals surface area (Å²) in [5.41, 5.74) is 2.42. The number of aryl methyl sites for hydroxylation is 1. The minimum atomic E-state index is -0.415. The first-order valence-electron chi connectivity index (χ1n) is 7.08. The van der Waals surface area contributed by atoms with Crippen LogP contribution in [0, 0.1) is 12.8 Å². The highest BCUT2D eigenvalue weighted by molar-refractivity contribution is 5.27. The maximum Gasteiger partial charge on any atom is 0.229 e. The maximum absolute atomic E-state index is 9.89. The average Bonchev–Trinajstić information content (AvgIpc) is 2.78. The number of rotatable bonds is 6. The van der Waals surface area contributed by atoms with Crippen molar-refractivity contribution in [1.29, 1.82) is 0 Å². The van der Waals surface area contributed by atoms with Crippen LogP contribution in [0.3, 0.4) is 0 Å². The quantitative estimate of drug-likeness (QED) is 0.880. The SMILES string of the molecule is Cc1ccccc1Cc1noc(CC(O)CC(C)C)n1. The Hall–Kier alpha value is -1.68. The largest absolute Gasteiger partial charge is 0.393 e. The zero-order chi connectivity index (χ0) is 14.5. The molecule has 0 amide bonds. The van der Waals surface area contributed by atoms with E-state index in [0.29, 0.717) is 30.5 Å². The molecule has 2 rings (SSSR count). The minimum absolute atomic E-state index is 0.415. The molecular weight excluding hydrogens is 252 g/mol. The van der Waals surface area contributed by atoms with Crippen LogP contribution < -0.4 is 0 Å². The van der Waals surface area contributed by atoms with E-state index in [1.54, 1.807) is 0 Å². The topological polar surface area (TPSA) is 59.2 Å². The number of benzene rings is 1. The number of aromatic nitrogens is 2. The van der Waals surface area contributed by atoms with E-state index in [-0.39, 0.29) is 0 Å². The smallest absolute Gasteiger partial charge is 0.229 e. The van der Waals surface area contributed by atoms with Gasteiger partial charge in [0.1, 0.15) is 0 Å². The van der Waals surface area contributed by atoms with Crippen LogP contribution in [-0.4, -0.2) is 21.4 Å². The van der Waals surface area contributed by atoms with E-state index in [4.69, 9.17) is 4.52 Å². The van der Waals surface area contributed by atoms with Gasteiger partial charge in [0.2, 0.25) is 5.89 Å². The lowest BCUT2D eigenvalue weighted by Crippen LogP contribution is -2.13. The van der Waals surface area contributed by atoms with Crippen LogP contribution in [0.25, 0.3) is 0 Å². The van der Waals surface area contributed by atoms with Crippen molar-refractivity contribution >= 4 is 0 Å². The van der Waals surface area contributed by atoms with Gasteiger partial charge in [-0.25, -0.2) is 0 Å². The second-order valence-corrected chi connectivity index (χ2v) is 5.70. The van der Waals surface area contributed by atoms with Crippen LogP contribution in [0.5, 0.6) is 0 Å². The van der Waals surface area contributed by atoms with E-state index in [0.717, 1.165) is 6.42 Å². The fourth-order valence-corrected chi connectivity index (χ4v) is 2.25. The van der Waals surface area contributed by atoms with E-state index in [1.807, 2.05) is 12.1 Å². The van der Waals surface area contributed by atoms with Crippen molar-refractivity contribution in [3.8, 4) is 0 Å². The second-order valence-electron chi connectivity index (χ2n) is 5.70. The lowest BCUT2D eigenvalue weighted by molar-refractivity contribution is 0.138. The van der Waals surface area contributed by atoms with E-state index >= 15 is 0 Å². The van der Waals surface area contributed by atoms with Crippen LogP contribution in [0.2, 0.25) is 0 Å². The molecule has 2 aromatic rings. The zero-order valence-corrected chi connectivity index (χ0v) is 12.3. The van der Waals surface area contributed by atoms with Gasteiger partial charge in [-0.2, -0.15) is 4.98 Å². The molecule has 1 heterocycles. The van der Waals surface area contributed by atoms with Gasteiger partial charge >= 0.3 is 0 Å². The highest BCUT2D eigenvalue weighted by Crippen LogP contribution is 2.13. The van der Waals surface area contributed by atoms with Crippen LogP contribution in [0.4, 0.5) is 0 Å². The van der Waals surface area contributed by atoms with Gasteiger partial charge in [0, 0.05) is 6.42 Å². The van der Waals surface area contributed by atoms with E-state index in [2.05, 4.69) is 43.0 Å². The molecule has 108 valence electrons. The first-order chi connectivity index (χ1) is 9.54. The molecule has 1 N–H and O–H groups in total. The fraction of sp³-hybridized carbons (Fsp3) is 0.500. The Labute approximate surface area is 119 Å². The summed E-state index contributed by atoms with van der Waals surface area (Å²) in [7, 11) is 0. The van der Waals surface area contributed by atoms with Crippen molar-refractivity contribution in [2.45, 2.75) is 46.1 Å². The molecule has 0 aliphatic carbocycles. The van der Waals surface area contributed by atoms with Gasteiger partial charge in [-0.05, 0) is 30.4 Å². The summed E-state index contributed by atoms with van der Waals surface area (Å²) in [5, 5.41) is 13.9. The van der Waals surface area contributed by atoms with Gasteiger partial charge in [-0.1, -0.05) is 43.3 Å². The molecule has 1 unspecified atom stereocenters. The van der Waals surface area contributed by atoms with Crippen LogP contribution >= 0.6 is 0 Å². The maximum atomic E-state index is 9.89. The van der Waals surface area contributed by atoms with Crippen LogP contribution in [-0.2, 0) is 12.8 Å². The Bertz CT molecular complexity index is 549. The van der Waals surface area contributed by atoms with Crippen molar-refractivity contribution in [3.63, 3.8) is 0 Å². The molecule has 20 heavy (non-hydrogen) atoms. The molecule has 0 aliphatic rings. The minimum Gasteiger partial charge on any atom is -0.393 e. The summed E-state index contributed by atoms with van der Waals surface area (Å²) < 4.78 is 5.21. The van der Waals surface area contributed by atoms with Gasteiger partial charge < -0.3 is 9.63 Å². The van der Waals surface area contributed by atoms with Gasteiger partial charge in [0.05, 0.1) is 12.5 Å². The van der Waals surface area contributed by atoms with E-state index < -0.39 is 6.10 Å². The fourth-order valence-electron chi connectivity index (χ4n) is 2.25. The number of nitrogens with zero attached hydrogens (tertiary/aromatic N) is 2. The van der Waals surface area contributed by atoms with Crippen LogP contribution in [0.15, 0.2) is 28.8 Å². The Kier molecular flexibility index (Phi) is 4.90. The molecular formula is C16H22N2O2. The lowest BCUT2D eigenvalue weighted by Gasteiger charge is -2.09. The van der Waals surface area contributed by atoms with Crippen molar-refractivity contribution in [2.75, 3.05) is 0 Å². The molecule has 1 aromatic heterocycles. The number of hydrogen-bond donors (Lipinski definition) is 1. The number of hydrogen-bond acceptors (Lipinski definition) is 4. The first-order valence-corrected chi connectivity index (χ1v) is 7.08. The van der Waals surface area contributed by atoms with Crippen molar-refractivity contribution < 1.29 is 9.63 Å². The predicted octanol–water partition coefficient (Wildman–Crippen LogP) is 2.92. The molecule has 0 aliphatic heterocycles. The molecule has 0 saturated carbocycles. The molecule has 4 heteroatoms. The summed E-state index contributed by atoms with van der Waals surface area (Å²) in [6.45, 7) is 6.24.